The van der Waals surface area contributed by atoms with E-state index in [9.17, 15) is 14.4 Å². The number of barbiturate groups is 1. The molecule has 1 aliphatic carbocycles. The summed E-state index contributed by atoms with van der Waals surface area (Å²) in [6.07, 6.45) is 2.13. The zero-order valence-corrected chi connectivity index (χ0v) is 11.7. The third-order valence-corrected chi connectivity index (χ3v) is 4.32. The Bertz CT molecular complexity index is 417. The number of nitrogens with zero attached hydrogens (tertiary/aromatic N) is 2. The maximum absolute atomic E-state index is 12.2. The van der Waals surface area contributed by atoms with E-state index in [1.54, 1.807) is 0 Å². The van der Waals surface area contributed by atoms with Crippen molar-refractivity contribution in [3.8, 4) is 0 Å². The second-order valence-corrected chi connectivity index (χ2v) is 5.54. The van der Waals surface area contributed by atoms with Gasteiger partial charge in [0.25, 0.3) is 0 Å². The standard InChI is InChI=1S/C13H21N3O3/c1-4-9(2)15(3)7-8-16-11(18)13(5-6-13)10(17)14-12(16)19/h9H,4-8H2,1-3H3,(H,14,17,19). The molecule has 1 N–H and O–H groups in total. The van der Waals surface area contributed by atoms with Gasteiger partial charge in [-0.25, -0.2) is 4.79 Å². The van der Waals surface area contributed by atoms with E-state index in [-0.39, 0.29) is 5.91 Å². The van der Waals surface area contributed by atoms with Crippen LogP contribution in [0.25, 0.3) is 0 Å². The van der Waals surface area contributed by atoms with Gasteiger partial charge in [-0.2, -0.15) is 0 Å². The molecule has 0 aromatic carbocycles. The van der Waals surface area contributed by atoms with E-state index in [0.717, 1.165) is 6.42 Å². The zero-order valence-electron chi connectivity index (χ0n) is 11.7. The van der Waals surface area contributed by atoms with Crippen LogP contribution in [0, 0.1) is 5.41 Å². The minimum Gasteiger partial charge on any atom is -0.302 e. The first-order valence-corrected chi connectivity index (χ1v) is 6.80. The fraction of sp³-hybridized carbons (Fsp3) is 0.769. The number of imide groups is 2. The molecule has 2 aliphatic rings. The number of hydrogen-bond donors (Lipinski definition) is 1. The molecule has 0 aromatic heterocycles. The number of carbonyl (C=O) groups excluding carboxylic acids is 3. The average molecular weight is 267 g/mol. The number of rotatable bonds is 5. The molecule has 2 fully saturated rings. The molecule has 19 heavy (non-hydrogen) atoms. The Kier molecular flexibility index (Phi) is 3.62. The first-order valence-electron chi connectivity index (χ1n) is 6.80. The van der Waals surface area contributed by atoms with Crippen molar-refractivity contribution in [1.82, 2.24) is 15.1 Å². The van der Waals surface area contributed by atoms with Crippen LogP contribution in [0.4, 0.5) is 4.79 Å². The third-order valence-electron chi connectivity index (χ3n) is 4.32. The van der Waals surface area contributed by atoms with Gasteiger partial charge in [0.2, 0.25) is 11.8 Å². The van der Waals surface area contributed by atoms with Crippen LogP contribution in [-0.2, 0) is 9.59 Å². The highest BCUT2D eigenvalue weighted by atomic mass is 16.2. The van der Waals surface area contributed by atoms with Crippen molar-refractivity contribution in [3.63, 3.8) is 0 Å². The van der Waals surface area contributed by atoms with Crippen LogP contribution in [0.1, 0.15) is 33.1 Å². The van der Waals surface area contributed by atoms with E-state index in [0.29, 0.717) is 32.0 Å². The lowest BCUT2D eigenvalue weighted by molar-refractivity contribution is -0.144. The third kappa shape index (κ3) is 2.36. The Hall–Kier alpha value is -1.43. The predicted octanol–water partition coefficient (Wildman–Crippen LogP) is 0.575. The molecule has 0 radical (unpaired) electrons. The van der Waals surface area contributed by atoms with Crippen LogP contribution in [0.5, 0.6) is 0 Å². The van der Waals surface area contributed by atoms with Gasteiger partial charge in [0.1, 0.15) is 5.41 Å². The molecular weight excluding hydrogens is 246 g/mol. The lowest BCUT2D eigenvalue weighted by Crippen LogP contribution is -2.60. The van der Waals surface area contributed by atoms with Gasteiger partial charge in [0.05, 0.1) is 0 Å². The summed E-state index contributed by atoms with van der Waals surface area (Å²) in [6.45, 7) is 5.15. The Morgan fingerprint density at radius 3 is 2.53 bits per heavy atom. The normalized spacial score (nSPS) is 22.9. The van der Waals surface area contributed by atoms with E-state index >= 15 is 0 Å². The molecule has 0 bridgehead atoms. The summed E-state index contributed by atoms with van der Waals surface area (Å²) in [5.41, 5.74) is -0.928. The summed E-state index contributed by atoms with van der Waals surface area (Å²) < 4.78 is 0. The highest BCUT2D eigenvalue weighted by Gasteiger charge is 2.62. The number of amides is 4. The van der Waals surface area contributed by atoms with Crippen LogP contribution in [0.15, 0.2) is 0 Å². The molecule has 1 aliphatic heterocycles. The quantitative estimate of drug-likeness (QED) is 0.740. The maximum atomic E-state index is 12.2. The number of hydrogen-bond acceptors (Lipinski definition) is 4. The minimum absolute atomic E-state index is 0.321. The predicted molar refractivity (Wildman–Crippen MR) is 69.3 cm³/mol. The van der Waals surface area contributed by atoms with Crippen molar-refractivity contribution in [2.24, 2.45) is 5.41 Å². The molecule has 1 heterocycles. The van der Waals surface area contributed by atoms with Gasteiger partial charge in [-0.05, 0) is 33.2 Å². The highest BCUT2D eigenvalue weighted by Crippen LogP contribution is 2.48. The molecule has 106 valence electrons. The number of urea groups is 1. The Balaban J connectivity index is 1.98. The fourth-order valence-electron chi connectivity index (χ4n) is 2.29. The van der Waals surface area contributed by atoms with Crippen molar-refractivity contribution in [2.45, 2.75) is 39.2 Å². The summed E-state index contributed by atoms with van der Waals surface area (Å²) in [5, 5.41) is 2.29. The fourth-order valence-corrected chi connectivity index (χ4v) is 2.29. The topological polar surface area (TPSA) is 69.7 Å². The van der Waals surface area contributed by atoms with Crippen LogP contribution in [0.3, 0.4) is 0 Å². The van der Waals surface area contributed by atoms with Gasteiger partial charge < -0.3 is 4.90 Å². The van der Waals surface area contributed by atoms with E-state index in [1.165, 1.54) is 4.90 Å². The number of nitrogens with one attached hydrogen (secondary N) is 1. The molecule has 1 spiro atoms. The summed E-state index contributed by atoms with van der Waals surface area (Å²) >= 11 is 0. The summed E-state index contributed by atoms with van der Waals surface area (Å²) in [5.74, 6) is -0.743. The smallest absolute Gasteiger partial charge is 0.302 e. The maximum Gasteiger partial charge on any atom is 0.330 e. The molecule has 4 amide bonds. The second kappa shape index (κ2) is 4.92. The molecule has 6 heteroatoms. The SMILES string of the molecule is CCC(C)N(C)CCN1C(=O)NC(=O)C2(CC2)C1=O. The van der Waals surface area contributed by atoms with E-state index < -0.39 is 17.4 Å². The summed E-state index contributed by atoms with van der Waals surface area (Å²) in [6, 6.07) is -0.176. The van der Waals surface area contributed by atoms with Gasteiger partial charge >= 0.3 is 6.03 Å². The van der Waals surface area contributed by atoms with Crippen molar-refractivity contribution < 1.29 is 14.4 Å². The van der Waals surface area contributed by atoms with Crippen LogP contribution >= 0.6 is 0 Å². The Morgan fingerprint density at radius 2 is 2.00 bits per heavy atom. The van der Waals surface area contributed by atoms with Crippen molar-refractivity contribution in [1.29, 1.82) is 0 Å². The van der Waals surface area contributed by atoms with Crippen LogP contribution in [0.2, 0.25) is 0 Å². The second-order valence-electron chi connectivity index (χ2n) is 5.54. The lowest BCUT2D eigenvalue weighted by atomic mass is 10.0. The molecule has 1 unspecified atom stereocenters. The van der Waals surface area contributed by atoms with Crippen LogP contribution in [-0.4, -0.2) is 53.8 Å². The van der Waals surface area contributed by atoms with Gasteiger partial charge in [-0.15, -0.1) is 0 Å². The molecule has 0 aromatic rings. The summed E-state index contributed by atoms with van der Waals surface area (Å²) in [7, 11) is 1.97. The average Bonchev–Trinajstić information content (AvgIpc) is 3.17. The zero-order chi connectivity index (χ0) is 14.2. The van der Waals surface area contributed by atoms with Crippen molar-refractivity contribution in [2.75, 3.05) is 20.1 Å². The molecule has 1 atom stereocenters. The van der Waals surface area contributed by atoms with Crippen molar-refractivity contribution >= 4 is 17.8 Å². The molecular formula is C13H21N3O3. The highest BCUT2D eigenvalue weighted by molar-refractivity contribution is 6.20. The van der Waals surface area contributed by atoms with Crippen molar-refractivity contribution in [3.05, 3.63) is 0 Å². The molecule has 1 saturated carbocycles. The molecule has 6 nitrogen and oxygen atoms in total. The van der Waals surface area contributed by atoms with Gasteiger partial charge in [-0.3, -0.25) is 19.8 Å². The molecule has 1 saturated heterocycles. The van der Waals surface area contributed by atoms with Crippen LogP contribution < -0.4 is 5.32 Å². The molecule has 2 rings (SSSR count). The van der Waals surface area contributed by atoms with Gasteiger partial charge in [0.15, 0.2) is 0 Å². The Morgan fingerprint density at radius 1 is 1.37 bits per heavy atom. The number of likely N-dealkylation sites (N-methyl/N-ethyl adjacent to an activating group) is 1. The van der Waals surface area contributed by atoms with E-state index in [4.69, 9.17) is 0 Å². The Labute approximate surface area is 113 Å². The van der Waals surface area contributed by atoms with Gasteiger partial charge in [-0.1, -0.05) is 6.92 Å². The van der Waals surface area contributed by atoms with E-state index in [2.05, 4.69) is 24.1 Å². The monoisotopic (exact) mass is 267 g/mol. The first kappa shape index (κ1) is 14.0. The first-order chi connectivity index (χ1) is 8.92. The number of carbonyl (C=O) groups is 3. The lowest BCUT2D eigenvalue weighted by Gasteiger charge is -2.32. The largest absolute Gasteiger partial charge is 0.330 e. The van der Waals surface area contributed by atoms with E-state index in [1.807, 2.05) is 7.05 Å². The van der Waals surface area contributed by atoms with Gasteiger partial charge in [0, 0.05) is 19.1 Å². The minimum atomic E-state index is -0.928. The summed E-state index contributed by atoms with van der Waals surface area (Å²) in [4.78, 5) is 38.9.